The Bertz CT molecular complexity index is 215. The van der Waals surface area contributed by atoms with Gasteiger partial charge in [-0.2, -0.15) is 0 Å². The Hall–Kier alpha value is 0.150. The van der Waals surface area contributed by atoms with Crippen LogP contribution >= 0.6 is 7.14 Å². The van der Waals surface area contributed by atoms with E-state index < -0.39 is 7.14 Å². The number of ether oxygens (including phenoxy) is 2. The van der Waals surface area contributed by atoms with Gasteiger partial charge in [0.1, 0.15) is 19.8 Å². The van der Waals surface area contributed by atoms with Crippen LogP contribution in [0.2, 0.25) is 0 Å². The largest absolute Gasteiger partial charge is 0.374 e. The van der Waals surface area contributed by atoms with E-state index in [0.29, 0.717) is 12.7 Å². The molecule has 19 heavy (non-hydrogen) atoms. The molecular formula is C15H33O3P. The second-order valence-electron chi connectivity index (χ2n) is 5.27. The summed E-state index contributed by atoms with van der Waals surface area (Å²) in [6, 6.07) is 0. The normalized spacial score (nSPS) is 11.9. The van der Waals surface area contributed by atoms with Crippen LogP contribution in [0.3, 0.4) is 0 Å². The van der Waals surface area contributed by atoms with Gasteiger partial charge in [-0.15, -0.1) is 0 Å². The summed E-state index contributed by atoms with van der Waals surface area (Å²) < 4.78 is 23.9. The molecule has 0 aliphatic heterocycles. The highest BCUT2D eigenvalue weighted by molar-refractivity contribution is 7.63. The van der Waals surface area contributed by atoms with Crippen molar-refractivity contribution in [3.05, 3.63) is 0 Å². The van der Waals surface area contributed by atoms with Gasteiger partial charge in [0.15, 0.2) is 0 Å². The minimum absolute atomic E-state index is 0.406. The van der Waals surface area contributed by atoms with Crippen molar-refractivity contribution in [2.45, 2.75) is 65.7 Å². The van der Waals surface area contributed by atoms with E-state index in [9.17, 15) is 4.57 Å². The molecule has 0 aromatic carbocycles. The SMILES string of the molecule is CCCCCP(=O)(COCCCC)COCCCC. The maximum atomic E-state index is 12.8. The summed E-state index contributed by atoms with van der Waals surface area (Å²) >= 11 is 0. The zero-order valence-electron chi connectivity index (χ0n) is 13.2. The fourth-order valence-electron chi connectivity index (χ4n) is 1.77. The summed E-state index contributed by atoms with van der Waals surface area (Å²) in [7, 11) is -2.27. The molecule has 0 aliphatic rings. The summed E-state index contributed by atoms with van der Waals surface area (Å²) in [5.74, 6) is 0. The van der Waals surface area contributed by atoms with Gasteiger partial charge in [-0.05, 0) is 19.3 Å². The van der Waals surface area contributed by atoms with E-state index in [1.54, 1.807) is 0 Å². The van der Waals surface area contributed by atoms with Gasteiger partial charge < -0.3 is 14.0 Å². The minimum Gasteiger partial charge on any atom is -0.374 e. The fourth-order valence-corrected chi connectivity index (χ4v) is 3.83. The van der Waals surface area contributed by atoms with Crippen molar-refractivity contribution >= 4 is 7.14 Å². The molecule has 4 heteroatoms. The van der Waals surface area contributed by atoms with Crippen LogP contribution in [-0.2, 0) is 14.0 Å². The molecule has 0 spiro atoms. The van der Waals surface area contributed by atoms with E-state index in [1.165, 1.54) is 0 Å². The zero-order valence-corrected chi connectivity index (χ0v) is 14.1. The molecule has 116 valence electrons. The number of hydrogen-bond donors (Lipinski definition) is 0. The van der Waals surface area contributed by atoms with Gasteiger partial charge in [-0.25, -0.2) is 0 Å². The molecule has 0 radical (unpaired) electrons. The second kappa shape index (κ2) is 13.1. The van der Waals surface area contributed by atoms with Crippen molar-refractivity contribution in [2.24, 2.45) is 0 Å². The van der Waals surface area contributed by atoms with Crippen molar-refractivity contribution in [3.8, 4) is 0 Å². The Balaban J connectivity index is 4.00. The zero-order chi connectivity index (χ0) is 14.4. The average Bonchev–Trinajstić information content (AvgIpc) is 2.41. The molecule has 0 N–H and O–H groups in total. The van der Waals surface area contributed by atoms with Crippen molar-refractivity contribution in [3.63, 3.8) is 0 Å². The Morgan fingerprint density at radius 3 is 1.63 bits per heavy atom. The molecule has 3 nitrogen and oxygen atoms in total. The van der Waals surface area contributed by atoms with Crippen LogP contribution in [-0.4, -0.2) is 32.1 Å². The lowest BCUT2D eigenvalue weighted by Gasteiger charge is -2.18. The second-order valence-corrected chi connectivity index (χ2v) is 8.35. The first-order valence-corrected chi connectivity index (χ1v) is 10.2. The maximum absolute atomic E-state index is 12.8. The molecule has 0 fully saturated rings. The quantitative estimate of drug-likeness (QED) is 0.330. The van der Waals surface area contributed by atoms with Gasteiger partial charge in [0, 0.05) is 19.4 Å². The summed E-state index contributed by atoms with van der Waals surface area (Å²) in [5, 5.41) is 0. The third-order valence-corrected chi connectivity index (χ3v) is 5.54. The molecule has 0 atom stereocenters. The highest BCUT2D eigenvalue weighted by atomic mass is 31.2. The van der Waals surface area contributed by atoms with Crippen LogP contribution in [0.4, 0.5) is 0 Å². The van der Waals surface area contributed by atoms with E-state index >= 15 is 0 Å². The van der Waals surface area contributed by atoms with Crippen molar-refractivity contribution in [1.29, 1.82) is 0 Å². The van der Waals surface area contributed by atoms with Crippen LogP contribution in [0.5, 0.6) is 0 Å². The highest BCUT2D eigenvalue weighted by Gasteiger charge is 2.22. The van der Waals surface area contributed by atoms with E-state index in [4.69, 9.17) is 9.47 Å². The predicted molar refractivity (Wildman–Crippen MR) is 83.5 cm³/mol. The summed E-state index contributed by atoms with van der Waals surface area (Å²) in [6.07, 6.45) is 9.26. The van der Waals surface area contributed by atoms with E-state index in [1.807, 2.05) is 0 Å². The lowest BCUT2D eigenvalue weighted by molar-refractivity contribution is 0.151. The highest BCUT2D eigenvalue weighted by Crippen LogP contribution is 2.46. The van der Waals surface area contributed by atoms with Crippen LogP contribution in [0, 0.1) is 0 Å². The minimum atomic E-state index is -2.27. The molecule has 0 aliphatic carbocycles. The molecule has 0 aromatic rings. The van der Waals surface area contributed by atoms with Crippen molar-refractivity contribution in [1.82, 2.24) is 0 Å². The molecule has 0 heterocycles. The summed E-state index contributed by atoms with van der Waals surface area (Å²) in [6.45, 7) is 7.89. The summed E-state index contributed by atoms with van der Waals surface area (Å²) in [4.78, 5) is 0. The predicted octanol–water partition coefficient (Wildman–Crippen LogP) is 5.09. The van der Waals surface area contributed by atoms with Gasteiger partial charge >= 0.3 is 0 Å². The van der Waals surface area contributed by atoms with Gasteiger partial charge in [0.25, 0.3) is 0 Å². The molecule has 0 unspecified atom stereocenters. The lowest BCUT2D eigenvalue weighted by Crippen LogP contribution is -2.08. The Kier molecular flexibility index (Phi) is 13.3. The Labute approximate surface area is 119 Å². The Morgan fingerprint density at radius 2 is 1.21 bits per heavy atom. The first kappa shape index (κ1) is 19.1. The van der Waals surface area contributed by atoms with Crippen LogP contribution in [0.25, 0.3) is 0 Å². The first-order valence-electron chi connectivity index (χ1n) is 7.91. The van der Waals surface area contributed by atoms with Gasteiger partial charge in [0.2, 0.25) is 0 Å². The van der Waals surface area contributed by atoms with Crippen LogP contribution < -0.4 is 0 Å². The number of unbranched alkanes of at least 4 members (excludes halogenated alkanes) is 4. The monoisotopic (exact) mass is 292 g/mol. The topological polar surface area (TPSA) is 35.5 Å². The standard InChI is InChI=1S/C15H33O3P/c1-4-7-10-13-19(16,14-17-11-8-5-2)15-18-12-9-6-3/h4-15H2,1-3H3. The van der Waals surface area contributed by atoms with E-state index in [2.05, 4.69) is 20.8 Å². The van der Waals surface area contributed by atoms with Crippen molar-refractivity contribution < 1.29 is 14.0 Å². The molecule has 0 saturated carbocycles. The van der Waals surface area contributed by atoms with Crippen LogP contribution in [0.15, 0.2) is 0 Å². The van der Waals surface area contributed by atoms with Gasteiger partial charge in [-0.3, -0.25) is 0 Å². The third kappa shape index (κ3) is 11.7. The lowest BCUT2D eigenvalue weighted by atomic mass is 10.3. The average molecular weight is 292 g/mol. The smallest absolute Gasteiger partial charge is 0.136 e. The number of hydrogen-bond acceptors (Lipinski definition) is 3. The summed E-state index contributed by atoms with van der Waals surface area (Å²) in [5.41, 5.74) is 0. The molecule has 0 rings (SSSR count). The molecule has 0 aromatic heterocycles. The van der Waals surface area contributed by atoms with E-state index in [-0.39, 0.29) is 0 Å². The first-order chi connectivity index (χ1) is 9.18. The Morgan fingerprint density at radius 1 is 0.737 bits per heavy atom. The van der Waals surface area contributed by atoms with E-state index in [0.717, 1.165) is 64.3 Å². The van der Waals surface area contributed by atoms with Crippen LogP contribution in [0.1, 0.15) is 65.7 Å². The maximum Gasteiger partial charge on any atom is 0.136 e. The van der Waals surface area contributed by atoms with Crippen molar-refractivity contribution in [2.75, 3.05) is 32.1 Å². The third-order valence-electron chi connectivity index (χ3n) is 3.11. The molecule has 0 saturated heterocycles. The number of rotatable bonds is 14. The van der Waals surface area contributed by atoms with Gasteiger partial charge in [0.05, 0.1) is 0 Å². The molecule has 0 amide bonds. The molecule has 0 bridgehead atoms. The van der Waals surface area contributed by atoms with Gasteiger partial charge in [-0.1, -0.05) is 46.5 Å². The molecular weight excluding hydrogens is 259 g/mol. The fraction of sp³-hybridized carbons (Fsp3) is 1.00.